The van der Waals surface area contributed by atoms with Crippen molar-refractivity contribution in [2.75, 3.05) is 41.3 Å². The molecule has 0 bridgehead atoms. The summed E-state index contributed by atoms with van der Waals surface area (Å²) >= 11 is 0. The Morgan fingerprint density at radius 1 is 0.562 bits per heavy atom. The second-order valence-electron chi connectivity index (χ2n) is 9.62. The van der Waals surface area contributed by atoms with E-state index >= 15 is 0 Å². The average molecular weight is 578 g/mol. The van der Waals surface area contributed by atoms with Crippen LogP contribution in [0.4, 0.5) is 0 Å². The summed E-state index contributed by atoms with van der Waals surface area (Å²) in [4.78, 5) is 0. The first-order chi connectivity index (χ1) is 14.0. The number of hydrogen-bond donors (Lipinski definition) is 4. The van der Waals surface area contributed by atoms with Crippen LogP contribution in [0.5, 0.6) is 23.0 Å². The molecule has 0 unspecified atom stereocenters. The van der Waals surface area contributed by atoms with Crippen LogP contribution in [0.3, 0.4) is 0 Å². The van der Waals surface area contributed by atoms with E-state index in [1.54, 1.807) is 12.1 Å². The van der Waals surface area contributed by atoms with Gasteiger partial charge in [0.25, 0.3) is 0 Å². The molecule has 32 heavy (non-hydrogen) atoms. The maximum atomic E-state index is 10.0. The van der Waals surface area contributed by atoms with E-state index in [1.165, 1.54) is 12.1 Å². The van der Waals surface area contributed by atoms with Crippen molar-refractivity contribution in [3.63, 3.8) is 0 Å². The molecule has 0 atom stereocenters. The third-order valence-electron chi connectivity index (χ3n) is 5.67. The number of quaternary nitrogens is 2. The molecule has 2 rings (SSSR count). The number of phenols is 4. The monoisotopic (exact) mass is 576 g/mol. The third-order valence-corrected chi connectivity index (χ3v) is 5.67. The zero-order chi connectivity index (χ0) is 22.4. The smallest absolute Gasteiger partial charge is 0.166 e. The first kappa shape index (κ1) is 30.5. The molecule has 182 valence electrons. The van der Waals surface area contributed by atoms with Crippen LogP contribution in [-0.2, 0) is 13.1 Å². The topological polar surface area (TPSA) is 80.9 Å². The van der Waals surface area contributed by atoms with E-state index in [0.717, 1.165) is 58.9 Å². The molecule has 0 saturated carbocycles. The van der Waals surface area contributed by atoms with E-state index in [1.807, 2.05) is 12.1 Å². The molecule has 0 fully saturated rings. The minimum absolute atomic E-state index is 0. The van der Waals surface area contributed by atoms with Gasteiger partial charge in [0.2, 0.25) is 0 Å². The first-order valence-corrected chi connectivity index (χ1v) is 10.6. The maximum absolute atomic E-state index is 10.0. The van der Waals surface area contributed by atoms with Gasteiger partial charge in [-0.1, -0.05) is 12.1 Å². The first-order valence-electron chi connectivity index (χ1n) is 10.6. The molecule has 0 amide bonds. The summed E-state index contributed by atoms with van der Waals surface area (Å²) in [7, 11) is 8.58. The Morgan fingerprint density at radius 3 is 1.25 bits per heavy atom. The van der Waals surface area contributed by atoms with Crippen molar-refractivity contribution < 1.29 is 63.4 Å². The molecule has 6 nitrogen and oxygen atoms in total. The molecule has 8 heteroatoms. The van der Waals surface area contributed by atoms with Crippen molar-refractivity contribution in [3.8, 4) is 23.0 Å². The molecule has 0 radical (unpaired) electrons. The second kappa shape index (κ2) is 13.3. The summed E-state index contributed by atoms with van der Waals surface area (Å²) in [5, 5.41) is 39.4. The number of aromatic hydroxyl groups is 4. The molecule has 0 aliphatic heterocycles. The van der Waals surface area contributed by atoms with Gasteiger partial charge in [0.05, 0.1) is 52.4 Å². The highest BCUT2D eigenvalue weighted by molar-refractivity contribution is 5.44. The molecule has 0 aromatic heterocycles. The molecular formula is C24H38Br2N2O4. The predicted octanol–water partition coefficient (Wildman–Crippen LogP) is -2.07. The molecule has 0 heterocycles. The van der Waals surface area contributed by atoms with E-state index in [-0.39, 0.29) is 57.0 Å². The van der Waals surface area contributed by atoms with Crippen molar-refractivity contribution in [2.24, 2.45) is 0 Å². The van der Waals surface area contributed by atoms with E-state index in [2.05, 4.69) is 28.2 Å². The number of phenolic OH excluding ortho intramolecular Hbond substituents is 4. The van der Waals surface area contributed by atoms with Gasteiger partial charge in [0.15, 0.2) is 23.0 Å². The van der Waals surface area contributed by atoms with Crippen LogP contribution in [-0.4, -0.2) is 70.7 Å². The van der Waals surface area contributed by atoms with Crippen LogP contribution in [0, 0.1) is 0 Å². The van der Waals surface area contributed by atoms with Gasteiger partial charge in [0.1, 0.15) is 13.1 Å². The van der Waals surface area contributed by atoms with Gasteiger partial charge < -0.3 is 63.4 Å². The lowest BCUT2D eigenvalue weighted by molar-refractivity contribution is -0.904. The van der Waals surface area contributed by atoms with Crippen molar-refractivity contribution in [3.05, 3.63) is 47.5 Å². The minimum atomic E-state index is -0.0627. The van der Waals surface area contributed by atoms with Crippen molar-refractivity contribution in [1.29, 1.82) is 0 Å². The molecule has 0 aliphatic carbocycles. The number of hydrogen-bond acceptors (Lipinski definition) is 4. The summed E-state index contributed by atoms with van der Waals surface area (Å²) < 4.78 is 1.52. The average Bonchev–Trinajstić information content (AvgIpc) is 2.65. The highest BCUT2D eigenvalue weighted by Crippen LogP contribution is 2.31. The number of benzene rings is 2. The molecular weight excluding hydrogens is 540 g/mol. The summed E-state index contributed by atoms with van der Waals surface area (Å²) in [5.74, 6) is -0.150. The fraction of sp³-hybridized carbons (Fsp3) is 0.500. The highest BCUT2D eigenvalue weighted by Gasteiger charge is 2.20. The Bertz CT molecular complexity index is 775. The summed E-state index contributed by atoms with van der Waals surface area (Å²) in [6, 6.07) is 10.3. The van der Waals surface area contributed by atoms with Gasteiger partial charge in [-0.25, -0.2) is 0 Å². The predicted molar refractivity (Wildman–Crippen MR) is 119 cm³/mol. The number of para-hydroxylation sites is 2. The fourth-order valence-electron chi connectivity index (χ4n) is 3.92. The zero-order valence-corrected chi connectivity index (χ0v) is 22.7. The van der Waals surface area contributed by atoms with Crippen molar-refractivity contribution in [2.45, 2.75) is 38.8 Å². The van der Waals surface area contributed by atoms with E-state index in [4.69, 9.17) is 0 Å². The molecule has 0 aliphatic rings. The summed E-state index contributed by atoms with van der Waals surface area (Å²) in [6.07, 6.45) is 4.50. The van der Waals surface area contributed by atoms with Crippen LogP contribution in [0.2, 0.25) is 0 Å². The van der Waals surface area contributed by atoms with Gasteiger partial charge in [-0.2, -0.15) is 0 Å². The normalized spacial score (nSPS) is 11.5. The lowest BCUT2D eigenvalue weighted by Crippen LogP contribution is -3.00. The Hall–Kier alpha value is -1.48. The number of rotatable bonds is 11. The van der Waals surface area contributed by atoms with Crippen LogP contribution >= 0.6 is 0 Å². The quantitative estimate of drug-likeness (QED) is 0.141. The number of unbranched alkanes of at least 4 members (excludes halogenated alkanes) is 3. The van der Waals surface area contributed by atoms with E-state index < -0.39 is 0 Å². The fourth-order valence-corrected chi connectivity index (χ4v) is 3.92. The lowest BCUT2D eigenvalue weighted by atomic mass is 10.1. The molecule has 0 spiro atoms. The zero-order valence-electron chi connectivity index (χ0n) is 19.6. The van der Waals surface area contributed by atoms with Crippen LogP contribution in [0.15, 0.2) is 36.4 Å². The van der Waals surface area contributed by atoms with Crippen LogP contribution < -0.4 is 34.0 Å². The Labute approximate surface area is 213 Å². The van der Waals surface area contributed by atoms with E-state index in [9.17, 15) is 20.4 Å². The summed E-state index contributed by atoms with van der Waals surface area (Å²) in [5.41, 5.74) is 1.54. The second-order valence-corrected chi connectivity index (χ2v) is 9.62. The van der Waals surface area contributed by atoms with Crippen LogP contribution in [0.1, 0.15) is 36.8 Å². The Balaban J connectivity index is 0.00000480. The third kappa shape index (κ3) is 9.57. The van der Waals surface area contributed by atoms with Crippen molar-refractivity contribution in [1.82, 2.24) is 0 Å². The van der Waals surface area contributed by atoms with E-state index in [0.29, 0.717) is 13.1 Å². The van der Waals surface area contributed by atoms with Crippen molar-refractivity contribution >= 4 is 0 Å². The lowest BCUT2D eigenvalue weighted by Gasteiger charge is -2.31. The maximum Gasteiger partial charge on any atom is 0.166 e. The van der Waals surface area contributed by atoms with Gasteiger partial charge in [-0.15, -0.1) is 0 Å². The number of halogens is 2. The summed E-state index contributed by atoms with van der Waals surface area (Å²) in [6.45, 7) is 3.37. The molecule has 2 aromatic rings. The standard InChI is InChI=1S/C24H36N2O4.2BrH/c1-25(2,17-19-11-9-13-21(27)23(19)29)15-7-5-6-8-16-26(3,4)18-20-12-10-14-22(28)24(20)30;;/h9-14H,5-8,15-18H2,1-4H3,(H2-2,27,28,29,30);2*1H. The van der Waals surface area contributed by atoms with Gasteiger partial charge in [-0.05, 0) is 49.9 Å². The van der Waals surface area contributed by atoms with Crippen LogP contribution in [0.25, 0.3) is 0 Å². The van der Waals surface area contributed by atoms with Gasteiger partial charge in [0, 0.05) is 0 Å². The Kier molecular flexibility index (Phi) is 12.7. The molecule has 0 saturated heterocycles. The minimum Gasteiger partial charge on any atom is -1.00 e. The SMILES string of the molecule is C[N+](C)(CCCCCC[N+](C)(C)Cc1cccc(O)c1O)Cc1cccc(O)c1O.[Br-].[Br-]. The Morgan fingerprint density at radius 2 is 0.906 bits per heavy atom. The highest BCUT2D eigenvalue weighted by atomic mass is 79.9. The van der Waals surface area contributed by atoms with Gasteiger partial charge in [-0.3, -0.25) is 0 Å². The molecule has 4 N–H and O–H groups in total. The molecule has 2 aromatic carbocycles. The van der Waals surface area contributed by atoms with Gasteiger partial charge >= 0.3 is 0 Å². The largest absolute Gasteiger partial charge is 1.00 e. The number of nitrogens with zero attached hydrogens (tertiary/aromatic N) is 2.